The van der Waals surface area contributed by atoms with Crippen LogP contribution in [-0.4, -0.2) is 126 Å². The molecule has 2 aromatic heterocycles. The number of nitrogens with zero attached hydrogens (tertiary/aromatic N) is 10. The molecule has 7 N–H and O–H groups in total. The van der Waals surface area contributed by atoms with Crippen LogP contribution in [-0.2, 0) is 10.1 Å². The average molecular weight is 824 g/mol. The van der Waals surface area contributed by atoms with Gasteiger partial charge < -0.3 is 31.7 Å². The minimum atomic E-state index is -4.84. The van der Waals surface area contributed by atoms with Crippen LogP contribution in [0.2, 0.25) is 0 Å². The monoisotopic (exact) mass is 823 g/mol. The molecule has 17 nitrogen and oxygen atoms in total. The van der Waals surface area contributed by atoms with Crippen LogP contribution in [0, 0.1) is 6.92 Å². The highest BCUT2D eigenvalue weighted by molar-refractivity contribution is 7.86. The number of anilines is 4. The number of nitrogens with two attached hydrogens (primary N) is 2. The van der Waals surface area contributed by atoms with Crippen LogP contribution in [0.3, 0.4) is 0 Å². The van der Waals surface area contributed by atoms with Crippen molar-refractivity contribution in [2.24, 2.45) is 21.7 Å². The van der Waals surface area contributed by atoms with Gasteiger partial charge in [-0.25, -0.2) is 4.98 Å². The van der Waals surface area contributed by atoms with Gasteiger partial charge in [0.1, 0.15) is 15.6 Å². The number of aromatic nitrogens is 4. The summed E-state index contributed by atoms with van der Waals surface area (Å²) in [6.45, 7) is 11.2. The molecule has 4 aromatic carbocycles. The zero-order chi connectivity index (χ0) is 40.4. The highest BCUT2D eigenvalue weighted by atomic mass is 32.2. The van der Waals surface area contributed by atoms with Crippen molar-refractivity contribution in [2.75, 3.05) is 93.7 Å². The largest absolute Gasteiger partial charge is 0.505 e. The standard InChI is InChI=1S/C39H45N13O4S2/c1-25-2-9-31-32(22-25)57-36(43-31)26-3-5-28(6-4-26)47-48-34-33(58(54,55)56)24-27-23-29(7-8-30(27)35(34)53)42-37-44-38(51-18-14-49(12-10-40)15-19-51)46-39(45-37)52-20-16-50(13-11-41)17-21-52/h2-9,22-24,53H,10-21,40-41H2,1H3,(H,54,55,56)(H,42,44,45,46). The molecule has 302 valence electrons. The molecule has 0 unspecified atom stereocenters. The van der Waals surface area contributed by atoms with E-state index in [2.05, 4.69) is 41.2 Å². The zero-order valence-corrected chi connectivity index (χ0v) is 33.6. The third kappa shape index (κ3) is 8.70. The van der Waals surface area contributed by atoms with E-state index in [1.807, 2.05) is 31.2 Å². The summed E-state index contributed by atoms with van der Waals surface area (Å²) in [6.07, 6.45) is 0. The predicted molar refractivity (Wildman–Crippen MR) is 228 cm³/mol. The van der Waals surface area contributed by atoms with Gasteiger partial charge in [-0.1, -0.05) is 6.07 Å². The number of nitrogens with one attached hydrogen (secondary N) is 1. The molecule has 0 aliphatic carbocycles. The summed E-state index contributed by atoms with van der Waals surface area (Å²) in [6, 6.07) is 19.5. The summed E-state index contributed by atoms with van der Waals surface area (Å²) in [7, 11) is -4.84. The topological polar surface area (TPSA) is 228 Å². The first-order valence-corrected chi connectivity index (χ1v) is 21.3. The van der Waals surface area contributed by atoms with E-state index in [4.69, 9.17) is 31.4 Å². The molecule has 0 atom stereocenters. The van der Waals surface area contributed by atoms with Gasteiger partial charge in [0, 0.05) is 95.2 Å². The second-order valence-electron chi connectivity index (χ2n) is 14.3. The van der Waals surface area contributed by atoms with Crippen molar-refractivity contribution in [3.63, 3.8) is 0 Å². The first kappa shape index (κ1) is 39.4. The van der Waals surface area contributed by atoms with Crippen molar-refractivity contribution in [3.8, 4) is 16.3 Å². The molecular formula is C39H45N13O4S2. The molecule has 2 aliphatic rings. The third-order valence-corrected chi connectivity index (χ3v) is 12.3. The number of fused-ring (bicyclic) bond motifs is 2. The van der Waals surface area contributed by atoms with Gasteiger partial charge in [0.15, 0.2) is 5.75 Å². The molecule has 4 heterocycles. The maximum Gasteiger partial charge on any atom is 0.296 e. The Morgan fingerprint density at radius 2 is 1.41 bits per heavy atom. The number of rotatable bonds is 12. The van der Waals surface area contributed by atoms with E-state index in [1.165, 1.54) is 6.07 Å². The summed E-state index contributed by atoms with van der Waals surface area (Å²) in [4.78, 5) is 27.5. The summed E-state index contributed by atoms with van der Waals surface area (Å²) in [5, 5.41) is 24.5. The van der Waals surface area contributed by atoms with Crippen LogP contribution in [0.5, 0.6) is 5.75 Å². The van der Waals surface area contributed by atoms with Gasteiger partial charge >= 0.3 is 0 Å². The second-order valence-corrected chi connectivity index (χ2v) is 16.8. The van der Waals surface area contributed by atoms with Crippen LogP contribution in [0.1, 0.15) is 5.56 Å². The van der Waals surface area contributed by atoms with E-state index < -0.39 is 20.8 Å². The Kier molecular flexibility index (Phi) is 11.4. The normalized spacial score (nSPS) is 15.9. The Hall–Kier alpha value is -5.41. The Morgan fingerprint density at radius 3 is 2.02 bits per heavy atom. The summed E-state index contributed by atoms with van der Waals surface area (Å²) < 4.78 is 36.7. The van der Waals surface area contributed by atoms with E-state index in [9.17, 15) is 18.1 Å². The second kappa shape index (κ2) is 16.8. The number of thiazole rings is 1. The minimum Gasteiger partial charge on any atom is -0.505 e. The summed E-state index contributed by atoms with van der Waals surface area (Å²) >= 11 is 1.59. The lowest BCUT2D eigenvalue weighted by molar-refractivity contribution is 0.262. The molecule has 58 heavy (non-hydrogen) atoms. The number of benzene rings is 4. The molecule has 2 saturated heterocycles. The number of phenols is 1. The molecule has 6 aromatic rings. The summed E-state index contributed by atoms with van der Waals surface area (Å²) in [5.74, 6) is 0.955. The number of phenolic OH excluding ortho intramolecular Hbond substituents is 1. The van der Waals surface area contributed by atoms with E-state index in [0.717, 1.165) is 91.8 Å². The van der Waals surface area contributed by atoms with Gasteiger partial charge in [-0.15, -0.1) is 16.5 Å². The fourth-order valence-electron chi connectivity index (χ4n) is 7.19. The van der Waals surface area contributed by atoms with Crippen LogP contribution in [0.25, 0.3) is 31.6 Å². The molecule has 0 amide bonds. The van der Waals surface area contributed by atoms with Crippen molar-refractivity contribution in [1.29, 1.82) is 0 Å². The fraction of sp³-hybridized carbons (Fsp3) is 0.333. The Bertz CT molecular complexity index is 2530. The first-order valence-electron chi connectivity index (χ1n) is 19.1. The predicted octanol–water partition coefficient (Wildman–Crippen LogP) is 4.88. The first-order chi connectivity index (χ1) is 28.0. The number of aryl methyl sites for hydroxylation is 1. The van der Waals surface area contributed by atoms with Gasteiger partial charge in [0.05, 0.1) is 15.9 Å². The Labute approximate surface area is 339 Å². The number of piperazine rings is 2. The number of hydrogen-bond acceptors (Lipinski definition) is 17. The van der Waals surface area contributed by atoms with Crippen LogP contribution < -0.4 is 26.6 Å². The van der Waals surface area contributed by atoms with E-state index >= 15 is 0 Å². The van der Waals surface area contributed by atoms with Crippen LogP contribution in [0.4, 0.5) is 34.9 Å². The number of aromatic hydroxyl groups is 1. The molecule has 19 heteroatoms. The Morgan fingerprint density at radius 1 is 0.776 bits per heavy atom. The van der Waals surface area contributed by atoms with Gasteiger partial charge in [0.25, 0.3) is 10.1 Å². The quantitative estimate of drug-likeness (QED) is 0.0819. The Balaban J connectivity index is 1.06. The van der Waals surface area contributed by atoms with Crippen LogP contribution in [0.15, 0.2) is 81.9 Å². The third-order valence-electron chi connectivity index (χ3n) is 10.3. The SMILES string of the molecule is Cc1ccc2nc(-c3ccc(N=Nc4c(S(=O)(=O)O)cc5cc(Nc6nc(N7CCN(CCN)CC7)nc(N7CCN(CCN)CC7)n6)ccc5c4O)cc3)sc2c1. The lowest BCUT2D eigenvalue weighted by atomic mass is 10.1. The molecule has 2 aliphatic heterocycles. The van der Waals surface area contributed by atoms with Gasteiger partial charge in [0.2, 0.25) is 17.8 Å². The van der Waals surface area contributed by atoms with Crippen molar-refractivity contribution in [1.82, 2.24) is 29.7 Å². The highest BCUT2D eigenvalue weighted by Crippen LogP contribution is 2.42. The average Bonchev–Trinajstić information content (AvgIpc) is 3.64. The molecule has 0 spiro atoms. The van der Waals surface area contributed by atoms with E-state index in [0.29, 0.717) is 53.1 Å². The molecule has 0 bridgehead atoms. The summed E-state index contributed by atoms with van der Waals surface area (Å²) in [5.41, 5.74) is 15.1. The maximum atomic E-state index is 12.7. The van der Waals surface area contributed by atoms with Crippen molar-refractivity contribution in [2.45, 2.75) is 11.8 Å². The van der Waals surface area contributed by atoms with Crippen molar-refractivity contribution in [3.05, 3.63) is 72.3 Å². The maximum absolute atomic E-state index is 12.7. The van der Waals surface area contributed by atoms with Crippen molar-refractivity contribution < 1.29 is 18.1 Å². The van der Waals surface area contributed by atoms with E-state index in [1.54, 1.807) is 41.7 Å². The lowest BCUT2D eigenvalue weighted by Crippen LogP contribution is -2.49. The van der Waals surface area contributed by atoms with Gasteiger partial charge in [-0.05, 0) is 78.5 Å². The van der Waals surface area contributed by atoms with Crippen LogP contribution >= 0.6 is 11.3 Å². The lowest BCUT2D eigenvalue weighted by Gasteiger charge is -2.36. The number of hydrogen-bond donors (Lipinski definition) is 5. The molecule has 0 radical (unpaired) electrons. The van der Waals surface area contributed by atoms with Crippen molar-refractivity contribution >= 4 is 77.4 Å². The highest BCUT2D eigenvalue weighted by Gasteiger charge is 2.25. The van der Waals surface area contributed by atoms with Gasteiger partial charge in [-0.3, -0.25) is 14.4 Å². The smallest absolute Gasteiger partial charge is 0.296 e. The molecule has 8 rings (SSSR count). The zero-order valence-electron chi connectivity index (χ0n) is 32.0. The fourth-order valence-corrected chi connectivity index (χ4v) is 8.91. The van der Waals surface area contributed by atoms with E-state index in [-0.39, 0.29) is 5.69 Å². The van der Waals surface area contributed by atoms with Gasteiger partial charge in [-0.2, -0.15) is 28.5 Å². The number of azo groups is 1. The molecule has 0 saturated carbocycles. The minimum absolute atomic E-state index is 0.302. The molecular weight excluding hydrogens is 779 g/mol. The molecule has 2 fully saturated rings.